The summed E-state index contributed by atoms with van der Waals surface area (Å²) in [7, 11) is -5.13. The first kappa shape index (κ1) is 14.5. The topological polar surface area (TPSA) is 86.3 Å². The van der Waals surface area contributed by atoms with Crippen molar-refractivity contribution in [2.45, 2.75) is 12.7 Å². The lowest BCUT2D eigenvalue weighted by Gasteiger charge is -2.10. The third-order valence-corrected chi connectivity index (χ3v) is 2.52. The smallest absolute Gasteiger partial charge is 0.416 e. The van der Waals surface area contributed by atoms with Crippen LogP contribution in [0.3, 0.4) is 0 Å². The molecule has 18 heavy (non-hydrogen) atoms. The largest absolute Gasteiger partial charge is 0.740 e. The van der Waals surface area contributed by atoms with Crippen LogP contribution >= 0.6 is 0 Å². The summed E-state index contributed by atoms with van der Waals surface area (Å²) < 4.78 is 67.7. The minimum Gasteiger partial charge on any atom is -0.740 e. The molecule has 0 aromatic heterocycles. The van der Waals surface area contributed by atoms with Crippen LogP contribution in [-0.2, 0) is 22.8 Å². The van der Waals surface area contributed by atoms with Crippen LogP contribution in [0.4, 0.5) is 18.0 Å². The predicted molar refractivity (Wildman–Crippen MR) is 53.4 cm³/mol. The molecule has 0 bridgehead atoms. The van der Waals surface area contributed by atoms with E-state index in [1.165, 1.54) is 6.07 Å². The number of alkyl halides is 3. The zero-order valence-electron chi connectivity index (χ0n) is 8.69. The van der Waals surface area contributed by atoms with E-state index in [4.69, 9.17) is 0 Å². The van der Waals surface area contributed by atoms with Crippen molar-refractivity contribution in [1.82, 2.24) is 5.32 Å². The fourth-order valence-corrected chi connectivity index (χ4v) is 1.37. The van der Waals surface area contributed by atoms with Gasteiger partial charge in [-0.05, 0) is 17.7 Å². The van der Waals surface area contributed by atoms with E-state index in [0.717, 1.165) is 18.2 Å². The van der Waals surface area contributed by atoms with Crippen LogP contribution in [0.5, 0.6) is 0 Å². The van der Waals surface area contributed by atoms with Crippen molar-refractivity contribution in [3.8, 4) is 0 Å². The molecule has 0 aliphatic heterocycles. The molecule has 0 unspecified atom stereocenters. The van der Waals surface area contributed by atoms with Crippen LogP contribution in [0.1, 0.15) is 11.1 Å². The fourth-order valence-electron chi connectivity index (χ4n) is 1.12. The Hall–Kier alpha value is -1.61. The van der Waals surface area contributed by atoms with E-state index in [2.05, 4.69) is 0 Å². The number of nitrogens with one attached hydrogen (secondary N) is 1. The van der Waals surface area contributed by atoms with Crippen LogP contribution in [0, 0.1) is 0 Å². The van der Waals surface area contributed by atoms with E-state index in [0.29, 0.717) is 0 Å². The average Bonchev–Trinajstić information content (AvgIpc) is 2.23. The molecule has 1 amide bonds. The summed E-state index contributed by atoms with van der Waals surface area (Å²) in [4.78, 5) is 10.7. The average molecular weight is 282 g/mol. The van der Waals surface area contributed by atoms with Gasteiger partial charge in [0.25, 0.3) is 0 Å². The van der Waals surface area contributed by atoms with E-state index in [9.17, 15) is 30.9 Å². The molecular formula is C9H7F3NO4S-. The van der Waals surface area contributed by atoms with Gasteiger partial charge in [0.05, 0.1) is 5.56 Å². The Kier molecular flexibility index (Phi) is 3.97. The van der Waals surface area contributed by atoms with Crippen LogP contribution in [0.25, 0.3) is 0 Å². The summed E-state index contributed by atoms with van der Waals surface area (Å²) in [6.07, 6.45) is -4.54. The maximum Gasteiger partial charge on any atom is 0.416 e. The molecule has 0 heterocycles. The van der Waals surface area contributed by atoms with Crippen molar-refractivity contribution in [2.75, 3.05) is 0 Å². The summed E-state index contributed by atoms with van der Waals surface area (Å²) >= 11 is 0. The molecule has 9 heteroatoms. The third-order valence-electron chi connectivity index (χ3n) is 1.92. The van der Waals surface area contributed by atoms with Gasteiger partial charge in [0.2, 0.25) is 0 Å². The second-order valence-electron chi connectivity index (χ2n) is 3.29. The molecule has 0 aliphatic carbocycles. The van der Waals surface area contributed by atoms with E-state index >= 15 is 0 Å². The monoisotopic (exact) mass is 282 g/mol. The van der Waals surface area contributed by atoms with E-state index in [1.54, 1.807) is 5.32 Å². The molecule has 1 N–H and O–H groups in total. The lowest BCUT2D eigenvalue weighted by molar-refractivity contribution is -0.137. The molecule has 5 nitrogen and oxygen atoms in total. The third kappa shape index (κ3) is 4.00. The van der Waals surface area contributed by atoms with E-state index in [1.807, 2.05) is 0 Å². The standard InChI is InChI=1S/C9H8F3NO4S/c10-9(11,12)7-3-1-2-6(4-7)5-13-8(14)18(15,16)17/h1-4H,5H2,(H,13,14)(H,15,16,17)/p-1. The van der Waals surface area contributed by atoms with Gasteiger partial charge in [-0.1, -0.05) is 12.1 Å². The Labute approximate surface area is 100 Å². The summed E-state index contributed by atoms with van der Waals surface area (Å²) in [5, 5.41) is -0.0670. The molecule has 0 saturated heterocycles. The van der Waals surface area contributed by atoms with Gasteiger partial charge in [0.15, 0.2) is 10.1 Å². The van der Waals surface area contributed by atoms with Crippen LogP contribution in [0.15, 0.2) is 24.3 Å². The Morgan fingerprint density at radius 1 is 1.33 bits per heavy atom. The Balaban J connectivity index is 2.79. The highest BCUT2D eigenvalue weighted by molar-refractivity contribution is 8.01. The number of amides is 1. The molecule has 1 aromatic carbocycles. The van der Waals surface area contributed by atoms with Crippen molar-refractivity contribution in [3.63, 3.8) is 0 Å². The molecule has 0 atom stereocenters. The second-order valence-corrected chi connectivity index (χ2v) is 4.57. The fraction of sp³-hybridized carbons (Fsp3) is 0.222. The lowest BCUT2D eigenvalue weighted by Crippen LogP contribution is -2.28. The number of hydrogen-bond acceptors (Lipinski definition) is 4. The molecule has 0 aliphatic rings. The Bertz CT molecular complexity index is 553. The molecular weight excluding hydrogens is 275 g/mol. The van der Waals surface area contributed by atoms with Gasteiger partial charge in [0.1, 0.15) is 0 Å². The lowest BCUT2D eigenvalue weighted by atomic mass is 10.1. The van der Waals surface area contributed by atoms with Gasteiger partial charge in [-0.25, -0.2) is 8.42 Å². The minimum absolute atomic E-state index is 0.0295. The molecule has 1 aromatic rings. The van der Waals surface area contributed by atoms with Gasteiger partial charge in [0, 0.05) is 6.54 Å². The van der Waals surface area contributed by atoms with Gasteiger partial charge >= 0.3 is 11.4 Å². The minimum atomic E-state index is -5.13. The zero-order valence-corrected chi connectivity index (χ0v) is 9.51. The molecule has 0 radical (unpaired) electrons. The highest BCUT2D eigenvalue weighted by Gasteiger charge is 2.30. The predicted octanol–water partition coefficient (Wildman–Crippen LogP) is 1.46. The SMILES string of the molecule is O=C(NCc1cccc(C(F)(F)F)c1)S(=O)(=O)[O-]. The molecule has 1 rings (SSSR count). The normalized spacial score (nSPS) is 12.2. The highest BCUT2D eigenvalue weighted by Crippen LogP contribution is 2.29. The summed E-state index contributed by atoms with van der Waals surface area (Å²) in [5.41, 5.74) is -0.902. The van der Waals surface area contributed by atoms with Gasteiger partial charge in [-0.3, -0.25) is 4.79 Å². The maximum absolute atomic E-state index is 12.3. The van der Waals surface area contributed by atoms with Crippen molar-refractivity contribution < 1.29 is 30.9 Å². The zero-order chi connectivity index (χ0) is 14.0. The van der Waals surface area contributed by atoms with Crippen molar-refractivity contribution >= 4 is 15.4 Å². The number of benzene rings is 1. The Morgan fingerprint density at radius 3 is 2.44 bits per heavy atom. The first-order valence-corrected chi connectivity index (χ1v) is 5.91. The number of carbonyl (C=O) groups excluding carboxylic acids is 1. The molecule has 100 valence electrons. The number of carbonyl (C=O) groups is 1. The number of halogens is 3. The number of rotatable bonds is 2. The molecule has 0 spiro atoms. The van der Waals surface area contributed by atoms with E-state index in [-0.39, 0.29) is 5.56 Å². The van der Waals surface area contributed by atoms with Gasteiger partial charge < -0.3 is 9.87 Å². The summed E-state index contributed by atoms with van der Waals surface area (Å²) in [6.45, 7) is -0.482. The summed E-state index contributed by atoms with van der Waals surface area (Å²) in [6, 6.07) is 3.94. The van der Waals surface area contributed by atoms with Crippen molar-refractivity contribution in [2.24, 2.45) is 0 Å². The van der Waals surface area contributed by atoms with Crippen LogP contribution < -0.4 is 5.32 Å². The first-order chi connectivity index (χ1) is 8.10. The molecule has 0 saturated carbocycles. The summed E-state index contributed by atoms with van der Waals surface area (Å²) in [5.74, 6) is 0. The molecule has 0 fully saturated rings. The van der Waals surface area contributed by atoms with Crippen molar-refractivity contribution in [3.05, 3.63) is 35.4 Å². The van der Waals surface area contributed by atoms with Crippen molar-refractivity contribution in [1.29, 1.82) is 0 Å². The first-order valence-electron chi connectivity index (χ1n) is 4.50. The maximum atomic E-state index is 12.3. The van der Waals surface area contributed by atoms with Gasteiger partial charge in [-0.15, -0.1) is 0 Å². The van der Waals surface area contributed by atoms with E-state index < -0.39 is 33.6 Å². The van der Waals surface area contributed by atoms with Crippen LogP contribution in [-0.4, -0.2) is 18.2 Å². The highest BCUT2D eigenvalue weighted by atomic mass is 32.2. The Morgan fingerprint density at radius 2 is 1.94 bits per heavy atom. The second kappa shape index (κ2) is 4.94. The van der Waals surface area contributed by atoms with Crippen LogP contribution in [0.2, 0.25) is 0 Å². The van der Waals surface area contributed by atoms with Gasteiger partial charge in [-0.2, -0.15) is 13.2 Å². The number of hydrogen-bond donors (Lipinski definition) is 1. The quantitative estimate of drug-likeness (QED) is 0.832.